The standard InChI is InChI=1S/C23H21N3O5/c1-13-19(11-16-7-10-18(29-4)12-20(16)24-13)23(27)30-14(2)21-25-26-22(31-21)15-5-8-17(28-3)9-6-15/h5-12,14H,1-4H3. The van der Waals surface area contributed by atoms with E-state index in [-0.39, 0.29) is 5.89 Å². The van der Waals surface area contributed by atoms with Gasteiger partial charge in [0.05, 0.1) is 31.0 Å². The fraction of sp³-hybridized carbons (Fsp3) is 0.217. The number of esters is 1. The van der Waals surface area contributed by atoms with Gasteiger partial charge < -0.3 is 18.6 Å². The molecule has 31 heavy (non-hydrogen) atoms. The number of rotatable bonds is 6. The molecule has 4 aromatic rings. The van der Waals surface area contributed by atoms with Crippen LogP contribution in [0.4, 0.5) is 0 Å². The summed E-state index contributed by atoms with van der Waals surface area (Å²) in [5.74, 6) is 1.45. The molecule has 8 nitrogen and oxygen atoms in total. The van der Waals surface area contributed by atoms with Crippen LogP contribution >= 0.6 is 0 Å². The number of benzene rings is 2. The predicted molar refractivity (Wildman–Crippen MR) is 113 cm³/mol. The predicted octanol–water partition coefficient (Wildman–Crippen LogP) is 4.53. The Morgan fingerprint density at radius 2 is 1.68 bits per heavy atom. The third-order valence-electron chi connectivity index (χ3n) is 4.84. The molecule has 8 heteroatoms. The lowest BCUT2D eigenvalue weighted by Crippen LogP contribution is -2.12. The van der Waals surface area contributed by atoms with Crippen LogP contribution in [-0.4, -0.2) is 35.4 Å². The highest BCUT2D eigenvalue weighted by Crippen LogP contribution is 2.26. The molecule has 0 radical (unpaired) electrons. The molecule has 0 aliphatic heterocycles. The molecular formula is C23H21N3O5. The molecule has 0 aliphatic carbocycles. The number of aryl methyl sites for hydroxylation is 1. The van der Waals surface area contributed by atoms with Gasteiger partial charge in [-0.3, -0.25) is 4.98 Å². The molecule has 0 N–H and O–H groups in total. The average Bonchev–Trinajstić information content (AvgIpc) is 3.28. The van der Waals surface area contributed by atoms with Crippen LogP contribution in [0.15, 0.2) is 52.9 Å². The van der Waals surface area contributed by atoms with E-state index in [9.17, 15) is 4.79 Å². The molecule has 1 unspecified atom stereocenters. The van der Waals surface area contributed by atoms with E-state index in [4.69, 9.17) is 18.6 Å². The van der Waals surface area contributed by atoms with E-state index in [1.54, 1.807) is 46.3 Å². The molecule has 2 heterocycles. The van der Waals surface area contributed by atoms with Crippen molar-refractivity contribution in [2.24, 2.45) is 0 Å². The zero-order valence-electron chi connectivity index (χ0n) is 17.6. The van der Waals surface area contributed by atoms with Gasteiger partial charge in [-0.1, -0.05) is 0 Å². The van der Waals surface area contributed by atoms with Gasteiger partial charge in [-0.05, 0) is 56.3 Å². The van der Waals surface area contributed by atoms with Crippen LogP contribution < -0.4 is 9.47 Å². The fourth-order valence-electron chi connectivity index (χ4n) is 3.10. The van der Waals surface area contributed by atoms with E-state index in [0.29, 0.717) is 22.9 Å². The molecule has 2 aromatic heterocycles. The second kappa shape index (κ2) is 8.43. The Morgan fingerprint density at radius 1 is 0.968 bits per heavy atom. The largest absolute Gasteiger partial charge is 0.497 e. The number of pyridine rings is 1. The smallest absolute Gasteiger partial charge is 0.340 e. The Balaban J connectivity index is 1.52. The number of hydrogen-bond acceptors (Lipinski definition) is 8. The number of nitrogens with zero attached hydrogens (tertiary/aromatic N) is 3. The number of carbonyl (C=O) groups excluding carboxylic acids is 1. The van der Waals surface area contributed by atoms with Crippen molar-refractivity contribution in [3.05, 3.63) is 65.7 Å². The van der Waals surface area contributed by atoms with Crippen molar-refractivity contribution in [1.82, 2.24) is 15.2 Å². The lowest BCUT2D eigenvalue weighted by atomic mass is 10.1. The van der Waals surface area contributed by atoms with Gasteiger partial charge in [0, 0.05) is 17.0 Å². The van der Waals surface area contributed by atoms with Crippen molar-refractivity contribution in [3.8, 4) is 23.0 Å². The Bertz CT molecular complexity index is 1230. The first-order valence-electron chi connectivity index (χ1n) is 9.62. The maximum atomic E-state index is 12.8. The third kappa shape index (κ3) is 4.18. The van der Waals surface area contributed by atoms with Crippen LogP contribution in [0.3, 0.4) is 0 Å². The summed E-state index contributed by atoms with van der Waals surface area (Å²) in [4.78, 5) is 17.3. The second-order valence-corrected chi connectivity index (χ2v) is 6.90. The molecule has 2 aromatic carbocycles. The summed E-state index contributed by atoms with van der Waals surface area (Å²) in [6.45, 7) is 3.44. The first kappa shape index (κ1) is 20.3. The zero-order valence-corrected chi connectivity index (χ0v) is 17.6. The number of methoxy groups -OCH3 is 2. The lowest BCUT2D eigenvalue weighted by Gasteiger charge is -2.12. The van der Waals surface area contributed by atoms with E-state index >= 15 is 0 Å². The van der Waals surface area contributed by atoms with Gasteiger partial charge in [-0.2, -0.15) is 0 Å². The Kier molecular flexibility index (Phi) is 5.53. The number of hydrogen-bond donors (Lipinski definition) is 0. The molecule has 0 saturated heterocycles. The van der Waals surface area contributed by atoms with Crippen LogP contribution in [0.2, 0.25) is 0 Å². The zero-order chi connectivity index (χ0) is 22.0. The molecule has 0 aliphatic rings. The van der Waals surface area contributed by atoms with Crippen molar-refractivity contribution in [3.63, 3.8) is 0 Å². The lowest BCUT2D eigenvalue weighted by molar-refractivity contribution is 0.0278. The molecular weight excluding hydrogens is 398 g/mol. The quantitative estimate of drug-likeness (QED) is 0.421. The molecule has 1 atom stereocenters. The van der Waals surface area contributed by atoms with Crippen molar-refractivity contribution >= 4 is 16.9 Å². The third-order valence-corrected chi connectivity index (χ3v) is 4.84. The number of aromatic nitrogens is 3. The van der Waals surface area contributed by atoms with Crippen molar-refractivity contribution in [2.75, 3.05) is 14.2 Å². The van der Waals surface area contributed by atoms with Crippen LogP contribution in [0.25, 0.3) is 22.4 Å². The monoisotopic (exact) mass is 419 g/mol. The average molecular weight is 419 g/mol. The van der Waals surface area contributed by atoms with Gasteiger partial charge in [0.25, 0.3) is 5.89 Å². The minimum absolute atomic E-state index is 0.204. The molecule has 0 bridgehead atoms. The van der Waals surface area contributed by atoms with Crippen molar-refractivity contribution in [2.45, 2.75) is 20.0 Å². The van der Waals surface area contributed by atoms with Gasteiger partial charge in [0.2, 0.25) is 5.89 Å². The molecule has 4 rings (SSSR count). The first-order valence-corrected chi connectivity index (χ1v) is 9.62. The Morgan fingerprint density at radius 3 is 2.39 bits per heavy atom. The highest BCUT2D eigenvalue weighted by molar-refractivity contribution is 5.95. The van der Waals surface area contributed by atoms with E-state index in [0.717, 1.165) is 22.2 Å². The summed E-state index contributed by atoms with van der Waals surface area (Å²) in [5.41, 5.74) is 2.41. The maximum absolute atomic E-state index is 12.8. The van der Waals surface area contributed by atoms with Gasteiger partial charge in [0.15, 0.2) is 6.10 Å². The summed E-state index contributed by atoms with van der Waals surface area (Å²) in [7, 11) is 3.19. The molecule has 0 amide bonds. The summed E-state index contributed by atoms with van der Waals surface area (Å²) in [5, 5.41) is 8.87. The van der Waals surface area contributed by atoms with E-state index in [2.05, 4.69) is 15.2 Å². The molecule has 158 valence electrons. The Hall–Kier alpha value is -3.94. The fourth-order valence-corrected chi connectivity index (χ4v) is 3.10. The summed E-state index contributed by atoms with van der Waals surface area (Å²) in [6, 6.07) is 14.5. The molecule has 0 saturated carbocycles. The van der Waals surface area contributed by atoms with Gasteiger partial charge >= 0.3 is 5.97 Å². The van der Waals surface area contributed by atoms with Crippen LogP contribution in [0, 0.1) is 6.92 Å². The van der Waals surface area contributed by atoms with Crippen molar-refractivity contribution in [1.29, 1.82) is 0 Å². The number of ether oxygens (including phenoxy) is 3. The summed E-state index contributed by atoms with van der Waals surface area (Å²) < 4.78 is 21.6. The van der Waals surface area contributed by atoms with Crippen molar-refractivity contribution < 1.29 is 23.4 Å². The minimum atomic E-state index is -0.724. The van der Waals surface area contributed by atoms with Crippen LogP contribution in [0.1, 0.15) is 35.0 Å². The summed E-state index contributed by atoms with van der Waals surface area (Å²) >= 11 is 0. The van der Waals surface area contributed by atoms with Crippen LogP contribution in [-0.2, 0) is 4.74 Å². The molecule has 0 spiro atoms. The SMILES string of the molecule is COc1ccc(-c2nnc(C(C)OC(=O)c3cc4ccc(OC)cc4nc3C)o2)cc1. The van der Waals surface area contributed by atoms with Gasteiger partial charge in [-0.25, -0.2) is 4.79 Å². The molecule has 0 fully saturated rings. The number of fused-ring (bicyclic) bond motifs is 1. The minimum Gasteiger partial charge on any atom is -0.497 e. The van der Waals surface area contributed by atoms with E-state index < -0.39 is 12.1 Å². The Labute approximate surface area is 178 Å². The highest BCUT2D eigenvalue weighted by Gasteiger charge is 2.22. The van der Waals surface area contributed by atoms with E-state index in [1.807, 2.05) is 30.3 Å². The normalized spacial score (nSPS) is 11.9. The van der Waals surface area contributed by atoms with Gasteiger partial charge in [0.1, 0.15) is 11.5 Å². The summed E-state index contributed by atoms with van der Waals surface area (Å²) in [6.07, 6.45) is -0.724. The highest BCUT2D eigenvalue weighted by atomic mass is 16.6. The van der Waals surface area contributed by atoms with Gasteiger partial charge in [-0.15, -0.1) is 10.2 Å². The van der Waals surface area contributed by atoms with E-state index in [1.165, 1.54) is 0 Å². The number of carbonyl (C=O) groups is 1. The maximum Gasteiger partial charge on any atom is 0.340 e. The second-order valence-electron chi connectivity index (χ2n) is 6.90. The first-order chi connectivity index (χ1) is 15.0. The topological polar surface area (TPSA) is 96.6 Å². The van der Waals surface area contributed by atoms with Crippen LogP contribution in [0.5, 0.6) is 11.5 Å².